The Kier molecular flexibility index (Phi) is 13.0. The van der Waals surface area contributed by atoms with E-state index in [0.717, 1.165) is 26.1 Å². The fraction of sp³-hybridized carbons (Fsp3) is 0.850. The molecule has 1 aliphatic rings. The third-order valence-electron chi connectivity index (χ3n) is 4.56. The maximum Gasteiger partial charge on any atom is 0.0991 e. The molecule has 134 valence electrons. The predicted molar refractivity (Wildman–Crippen MR) is 101 cm³/mol. The Morgan fingerprint density at radius 1 is 0.957 bits per heavy atom. The van der Waals surface area contributed by atoms with Crippen molar-refractivity contribution in [3.05, 3.63) is 12.2 Å². The average Bonchev–Trinajstić information content (AvgIpc) is 2.99. The van der Waals surface area contributed by atoms with Crippen molar-refractivity contribution in [1.82, 2.24) is 4.90 Å². The van der Waals surface area contributed by atoms with Crippen LogP contribution < -0.4 is 0 Å². The van der Waals surface area contributed by atoms with E-state index in [9.17, 15) is 0 Å². The third-order valence-corrected chi connectivity index (χ3v) is 4.56. The van der Waals surface area contributed by atoms with E-state index >= 15 is 0 Å². The summed E-state index contributed by atoms with van der Waals surface area (Å²) in [5.74, 6) is 1.22. The van der Waals surface area contributed by atoms with Gasteiger partial charge in [-0.05, 0) is 32.1 Å². The molecule has 0 atom stereocenters. The van der Waals surface area contributed by atoms with Crippen molar-refractivity contribution < 1.29 is 5.11 Å². The lowest BCUT2D eigenvalue weighted by Crippen LogP contribution is -2.30. The Labute approximate surface area is 143 Å². The lowest BCUT2D eigenvalue weighted by molar-refractivity contribution is 0.255. The molecule has 1 heterocycles. The molecule has 0 aromatic rings. The molecule has 0 spiro atoms. The fourth-order valence-corrected chi connectivity index (χ4v) is 3.13. The van der Waals surface area contributed by atoms with E-state index in [2.05, 4.69) is 29.0 Å². The minimum absolute atomic E-state index is 0.240. The molecule has 0 aromatic carbocycles. The first-order valence-corrected chi connectivity index (χ1v) is 9.92. The number of hydrogen-bond donors (Lipinski definition) is 1. The monoisotopic (exact) mass is 322 g/mol. The molecule has 0 saturated carbocycles. The van der Waals surface area contributed by atoms with Gasteiger partial charge in [0.05, 0.1) is 19.0 Å². The van der Waals surface area contributed by atoms with E-state index in [1.54, 1.807) is 0 Å². The van der Waals surface area contributed by atoms with E-state index in [1.807, 2.05) is 0 Å². The van der Waals surface area contributed by atoms with Crippen LogP contribution in [-0.2, 0) is 0 Å². The Balaban J connectivity index is 1.86. The fourth-order valence-electron chi connectivity index (χ4n) is 3.13. The summed E-state index contributed by atoms with van der Waals surface area (Å²) >= 11 is 0. The van der Waals surface area contributed by atoms with Crippen LogP contribution in [0.5, 0.6) is 0 Å². The molecular formula is C20H38N2O. The first kappa shape index (κ1) is 20.2. The number of unbranched alkanes of at least 4 members (excludes halogenated alkanes) is 9. The molecule has 0 amide bonds. The summed E-state index contributed by atoms with van der Waals surface area (Å²) in [4.78, 5) is 6.79. The minimum atomic E-state index is 0.240. The van der Waals surface area contributed by atoms with Crippen molar-refractivity contribution in [2.75, 3.05) is 26.2 Å². The third kappa shape index (κ3) is 10.5. The Morgan fingerprint density at radius 2 is 1.61 bits per heavy atom. The zero-order valence-corrected chi connectivity index (χ0v) is 15.3. The van der Waals surface area contributed by atoms with Crippen LogP contribution >= 0.6 is 0 Å². The highest BCUT2D eigenvalue weighted by molar-refractivity contribution is 5.83. The van der Waals surface area contributed by atoms with Crippen LogP contribution in [0, 0.1) is 0 Å². The van der Waals surface area contributed by atoms with Crippen molar-refractivity contribution in [2.24, 2.45) is 4.99 Å². The Bertz CT molecular complexity index is 326. The van der Waals surface area contributed by atoms with Crippen LogP contribution in [0.1, 0.15) is 84.0 Å². The first-order valence-electron chi connectivity index (χ1n) is 9.92. The zero-order valence-electron chi connectivity index (χ0n) is 15.3. The summed E-state index contributed by atoms with van der Waals surface area (Å²) in [6.07, 6.45) is 20.5. The number of aliphatic imine (C=N–C) groups is 1. The number of hydrogen-bond acceptors (Lipinski definition) is 3. The maximum absolute atomic E-state index is 9.03. The van der Waals surface area contributed by atoms with E-state index in [-0.39, 0.29) is 6.61 Å². The summed E-state index contributed by atoms with van der Waals surface area (Å²) in [5.41, 5.74) is 0. The second-order valence-corrected chi connectivity index (χ2v) is 6.64. The van der Waals surface area contributed by atoms with Crippen LogP contribution in [0.3, 0.4) is 0 Å². The lowest BCUT2D eigenvalue weighted by atomic mass is 10.1. The topological polar surface area (TPSA) is 35.8 Å². The summed E-state index contributed by atoms with van der Waals surface area (Å²) in [5, 5.41) is 9.03. The van der Waals surface area contributed by atoms with Gasteiger partial charge in [-0.3, -0.25) is 4.99 Å². The van der Waals surface area contributed by atoms with Crippen molar-refractivity contribution in [3.8, 4) is 0 Å². The molecule has 0 radical (unpaired) electrons. The van der Waals surface area contributed by atoms with Crippen LogP contribution in [0.4, 0.5) is 0 Å². The second kappa shape index (κ2) is 14.7. The molecule has 0 saturated heterocycles. The van der Waals surface area contributed by atoms with Crippen molar-refractivity contribution in [3.63, 3.8) is 0 Å². The average molecular weight is 323 g/mol. The van der Waals surface area contributed by atoms with Crippen LogP contribution in [0.25, 0.3) is 0 Å². The van der Waals surface area contributed by atoms with Crippen molar-refractivity contribution >= 4 is 5.84 Å². The van der Waals surface area contributed by atoms with E-state index in [1.165, 1.54) is 76.5 Å². The standard InChI is InChI=1S/C20H38N2O/c1-2-3-4-5-6-7-8-9-10-11-12-13-14-15-20-21-16-17-22(20)18-19-23/h8-9,23H,2-7,10-19H2,1H3/b9-8+. The summed E-state index contributed by atoms with van der Waals surface area (Å²) in [7, 11) is 0. The SMILES string of the molecule is CCCCCCC/C=C/CCCCCCC1=NCCN1CCO. The zero-order chi connectivity index (χ0) is 16.6. The number of allylic oxidation sites excluding steroid dienone is 2. The van der Waals surface area contributed by atoms with Gasteiger partial charge >= 0.3 is 0 Å². The molecule has 1 N–H and O–H groups in total. The van der Waals surface area contributed by atoms with Gasteiger partial charge in [0.1, 0.15) is 0 Å². The summed E-state index contributed by atoms with van der Waals surface area (Å²) in [6, 6.07) is 0. The van der Waals surface area contributed by atoms with Gasteiger partial charge in [-0.25, -0.2) is 0 Å². The van der Waals surface area contributed by atoms with Gasteiger partial charge in [-0.15, -0.1) is 0 Å². The number of amidine groups is 1. The largest absolute Gasteiger partial charge is 0.395 e. The number of rotatable bonds is 15. The van der Waals surface area contributed by atoms with E-state index in [0.29, 0.717) is 0 Å². The highest BCUT2D eigenvalue weighted by Gasteiger charge is 2.14. The van der Waals surface area contributed by atoms with Gasteiger partial charge in [0.2, 0.25) is 0 Å². The molecule has 1 aliphatic heterocycles. The minimum Gasteiger partial charge on any atom is -0.395 e. The predicted octanol–water partition coefficient (Wildman–Crippen LogP) is 4.95. The van der Waals surface area contributed by atoms with Gasteiger partial charge in [-0.1, -0.05) is 57.6 Å². The summed E-state index contributed by atoms with van der Waals surface area (Å²) < 4.78 is 0. The highest BCUT2D eigenvalue weighted by atomic mass is 16.3. The Hall–Kier alpha value is -0.830. The molecule has 0 aliphatic carbocycles. The molecule has 3 nitrogen and oxygen atoms in total. The number of β-amino-alcohol motifs (C(OH)–C–C–N with tert-alkyl or cyclic N) is 1. The first-order chi connectivity index (χ1) is 11.4. The van der Waals surface area contributed by atoms with Crippen molar-refractivity contribution in [2.45, 2.75) is 84.0 Å². The van der Waals surface area contributed by atoms with Gasteiger partial charge in [0, 0.05) is 19.5 Å². The molecule has 3 heteroatoms. The van der Waals surface area contributed by atoms with Gasteiger partial charge in [0.15, 0.2) is 0 Å². The van der Waals surface area contributed by atoms with Crippen molar-refractivity contribution in [1.29, 1.82) is 0 Å². The van der Waals surface area contributed by atoms with Crippen LogP contribution in [0.15, 0.2) is 17.1 Å². The quantitative estimate of drug-likeness (QED) is 0.342. The molecule has 0 fully saturated rings. The molecule has 1 rings (SSSR count). The second-order valence-electron chi connectivity index (χ2n) is 6.64. The Morgan fingerprint density at radius 3 is 2.26 bits per heavy atom. The number of nitrogens with zero attached hydrogens (tertiary/aromatic N) is 2. The number of aliphatic hydroxyl groups is 1. The van der Waals surface area contributed by atoms with Gasteiger partial charge in [-0.2, -0.15) is 0 Å². The summed E-state index contributed by atoms with van der Waals surface area (Å²) in [6.45, 7) is 5.18. The molecule has 0 bridgehead atoms. The lowest BCUT2D eigenvalue weighted by Gasteiger charge is -2.18. The highest BCUT2D eigenvalue weighted by Crippen LogP contribution is 2.12. The molecular weight excluding hydrogens is 284 g/mol. The smallest absolute Gasteiger partial charge is 0.0991 e. The maximum atomic E-state index is 9.03. The molecule has 0 aromatic heterocycles. The molecule has 0 unspecified atom stereocenters. The molecule has 23 heavy (non-hydrogen) atoms. The van der Waals surface area contributed by atoms with E-state index < -0.39 is 0 Å². The van der Waals surface area contributed by atoms with E-state index in [4.69, 9.17) is 5.11 Å². The van der Waals surface area contributed by atoms with Gasteiger partial charge < -0.3 is 10.0 Å². The van der Waals surface area contributed by atoms with Crippen LogP contribution in [0.2, 0.25) is 0 Å². The van der Waals surface area contributed by atoms with Crippen LogP contribution in [-0.4, -0.2) is 42.1 Å². The van der Waals surface area contributed by atoms with Gasteiger partial charge in [0.25, 0.3) is 0 Å². The normalized spacial score (nSPS) is 14.9. The number of aliphatic hydroxyl groups excluding tert-OH is 1.